The summed E-state index contributed by atoms with van der Waals surface area (Å²) in [5.41, 5.74) is 0. The minimum atomic E-state index is -3.32. The zero-order valence-electron chi connectivity index (χ0n) is 12.3. The zero-order chi connectivity index (χ0) is 15.1. The van der Waals surface area contributed by atoms with Gasteiger partial charge in [-0.3, -0.25) is 0 Å². The van der Waals surface area contributed by atoms with Gasteiger partial charge in [0.25, 0.3) is 0 Å². The number of rotatable bonds is 7. The molecule has 0 radical (unpaired) electrons. The molecule has 1 aliphatic rings. The number of para-hydroxylation sites is 1. The van der Waals surface area contributed by atoms with Gasteiger partial charge in [0.2, 0.25) is 10.0 Å². The summed E-state index contributed by atoms with van der Waals surface area (Å²) in [4.78, 5) is 0. The smallest absolute Gasteiger partial charge is 0.214 e. The predicted octanol–water partition coefficient (Wildman–Crippen LogP) is 1.94. The molecule has 1 N–H and O–H groups in total. The first kappa shape index (κ1) is 16.3. The summed E-state index contributed by atoms with van der Waals surface area (Å²) in [6.07, 6.45) is 2.47. The standard InChI is InChI=1S/C15H23NO4S/c1-13(20-14-7-3-2-4-8-14)11-16-21(17,18)12-15-9-5-6-10-19-15/h2-4,7-8,13,15-16H,5-6,9-12H2,1H3. The molecule has 0 amide bonds. The SMILES string of the molecule is CC(CNS(=O)(=O)CC1CCCCO1)Oc1ccccc1. The van der Waals surface area contributed by atoms with Gasteiger partial charge in [0.15, 0.2) is 0 Å². The van der Waals surface area contributed by atoms with Gasteiger partial charge in [-0.2, -0.15) is 0 Å². The molecule has 0 aromatic heterocycles. The molecule has 118 valence electrons. The summed E-state index contributed by atoms with van der Waals surface area (Å²) < 4.78 is 37.7. The molecular weight excluding hydrogens is 290 g/mol. The molecule has 2 atom stereocenters. The van der Waals surface area contributed by atoms with Gasteiger partial charge in [-0.1, -0.05) is 18.2 Å². The van der Waals surface area contributed by atoms with Crippen molar-refractivity contribution in [1.29, 1.82) is 0 Å². The van der Waals surface area contributed by atoms with Crippen LogP contribution in [0.3, 0.4) is 0 Å². The third kappa shape index (κ3) is 6.03. The van der Waals surface area contributed by atoms with Crippen LogP contribution in [0.4, 0.5) is 0 Å². The van der Waals surface area contributed by atoms with Crippen molar-refractivity contribution in [1.82, 2.24) is 4.72 Å². The molecule has 0 spiro atoms. The van der Waals surface area contributed by atoms with E-state index >= 15 is 0 Å². The Morgan fingerprint density at radius 2 is 2.10 bits per heavy atom. The van der Waals surface area contributed by atoms with Crippen LogP contribution < -0.4 is 9.46 Å². The van der Waals surface area contributed by atoms with E-state index in [0.717, 1.165) is 25.0 Å². The molecule has 0 bridgehead atoms. The first-order valence-electron chi connectivity index (χ1n) is 7.36. The lowest BCUT2D eigenvalue weighted by atomic mass is 10.1. The van der Waals surface area contributed by atoms with E-state index in [1.807, 2.05) is 37.3 Å². The van der Waals surface area contributed by atoms with Crippen molar-refractivity contribution in [3.63, 3.8) is 0 Å². The maximum Gasteiger partial charge on any atom is 0.214 e. The van der Waals surface area contributed by atoms with Crippen molar-refractivity contribution in [3.05, 3.63) is 30.3 Å². The van der Waals surface area contributed by atoms with E-state index in [1.54, 1.807) is 0 Å². The first-order chi connectivity index (χ1) is 10.1. The van der Waals surface area contributed by atoms with E-state index in [1.165, 1.54) is 0 Å². The third-order valence-corrected chi connectivity index (χ3v) is 4.77. The molecule has 0 aliphatic carbocycles. The lowest BCUT2D eigenvalue weighted by molar-refractivity contribution is 0.0303. The van der Waals surface area contributed by atoms with Gasteiger partial charge in [0.05, 0.1) is 11.9 Å². The van der Waals surface area contributed by atoms with Gasteiger partial charge in [-0.15, -0.1) is 0 Å². The average molecular weight is 313 g/mol. The molecular formula is C15H23NO4S. The van der Waals surface area contributed by atoms with Crippen molar-refractivity contribution >= 4 is 10.0 Å². The van der Waals surface area contributed by atoms with Crippen LogP contribution in [0.1, 0.15) is 26.2 Å². The van der Waals surface area contributed by atoms with Crippen molar-refractivity contribution in [2.75, 3.05) is 18.9 Å². The quantitative estimate of drug-likeness (QED) is 0.835. The Bertz CT molecular complexity index is 512. The van der Waals surface area contributed by atoms with Gasteiger partial charge in [-0.05, 0) is 38.3 Å². The zero-order valence-corrected chi connectivity index (χ0v) is 13.1. The van der Waals surface area contributed by atoms with Gasteiger partial charge in [0, 0.05) is 13.2 Å². The Balaban J connectivity index is 1.75. The van der Waals surface area contributed by atoms with Crippen molar-refractivity contribution in [2.24, 2.45) is 0 Å². The summed E-state index contributed by atoms with van der Waals surface area (Å²) >= 11 is 0. The van der Waals surface area contributed by atoms with Crippen LogP contribution in [0.2, 0.25) is 0 Å². The van der Waals surface area contributed by atoms with Crippen LogP contribution in [0, 0.1) is 0 Å². The summed E-state index contributed by atoms with van der Waals surface area (Å²) in [5.74, 6) is 0.769. The van der Waals surface area contributed by atoms with Crippen molar-refractivity contribution in [2.45, 2.75) is 38.4 Å². The number of benzene rings is 1. The van der Waals surface area contributed by atoms with Crippen LogP contribution in [0.15, 0.2) is 30.3 Å². The first-order valence-corrected chi connectivity index (χ1v) is 9.01. The fourth-order valence-corrected chi connectivity index (χ4v) is 3.62. The molecule has 1 fully saturated rings. The molecule has 6 heteroatoms. The highest BCUT2D eigenvalue weighted by molar-refractivity contribution is 7.89. The van der Waals surface area contributed by atoms with Crippen LogP contribution in [0.5, 0.6) is 5.75 Å². The molecule has 1 aromatic carbocycles. The van der Waals surface area contributed by atoms with Crippen molar-refractivity contribution < 1.29 is 17.9 Å². The second-order valence-electron chi connectivity index (χ2n) is 5.36. The second-order valence-corrected chi connectivity index (χ2v) is 7.21. The molecule has 5 nitrogen and oxygen atoms in total. The van der Waals surface area contributed by atoms with Crippen LogP contribution in [-0.4, -0.2) is 39.5 Å². The Hall–Kier alpha value is -1.11. The van der Waals surface area contributed by atoms with Crippen molar-refractivity contribution in [3.8, 4) is 5.75 Å². The summed E-state index contributed by atoms with van der Waals surface area (Å²) in [6, 6.07) is 9.37. The number of ether oxygens (including phenoxy) is 2. The molecule has 2 rings (SSSR count). The molecule has 1 aromatic rings. The summed E-state index contributed by atoms with van der Waals surface area (Å²) in [6.45, 7) is 2.75. The van der Waals surface area contributed by atoms with Gasteiger partial charge >= 0.3 is 0 Å². The lowest BCUT2D eigenvalue weighted by Gasteiger charge is -2.23. The van der Waals surface area contributed by atoms with Gasteiger partial charge < -0.3 is 9.47 Å². The number of hydrogen-bond acceptors (Lipinski definition) is 4. The maximum atomic E-state index is 12.0. The highest BCUT2D eigenvalue weighted by Gasteiger charge is 2.22. The Morgan fingerprint density at radius 1 is 1.33 bits per heavy atom. The highest BCUT2D eigenvalue weighted by atomic mass is 32.2. The summed E-state index contributed by atoms with van der Waals surface area (Å²) in [7, 11) is -3.32. The second kappa shape index (κ2) is 7.77. The molecule has 1 saturated heterocycles. The largest absolute Gasteiger partial charge is 0.489 e. The highest BCUT2D eigenvalue weighted by Crippen LogP contribution is 2.14. The van der Waals surface area contributed by atoms with E-state index in [2.05, 4.69) is 4.72 Å². The van der Waals surface area contributed by atoms with E-state index in [9.17, 15) is 8.42 Å². The molecule has 1 heterocycles. The van der Waals surface area contributed by atoms with E-state index in [4.69, 9.17) is 9.47 Å². The van der Waals surface area contributed by atoms with E-state index in [-0.39, 0.29) is 24.5 Å². The fraction of sp³-hybridized carbons (Fsp3) is 0.600. The average Bonchev–Trinajstić information content (AvgIpc) is 2.47. The number of sulfonamides is 1. The molecule has 21 heavy (non-hydrogen) atoms. The number of nitrogens with one attached hydrogen (secondary N) is 1. The van der Waals surface area contributed by atoms with E-state index < -0.39 is 10.0 Å². The Morgan fingerprint density at radius 3 is 2.76 bits per heavy atom. The normalized spacial score (nSPS) is 20.9. The van der Waals surface area contributed by atoms with Gasteiger partial charge in [-0.25, -0.2) is 13.1 Å². The lowest BCUT2D eigenvalue weighted by Crippen LogP contribution is -2.39. The molecule has 1 aliphatic heterocycles. The summed E-state index contributed by atoms with van der Waals surface area (Å²) in [5, 5.41) is 0. The fourth-order valence-electron chi connectivity index (χ4n) is 2.26. The maximum absolute atomic E-state index is 12.0. The third-order valence-electron chi connectivity index (χ3n) is 3.35. The van der Waals surface area contributed by atoms with Crippen LogP contribution in [0.25, 0.3) is 0 Å². The molecule has 2 unspecified atom stereocenters. The van der Waals surface area contributed by atoms with Crippen LogP contribution in [-0.2, 0) is 14.8 Å². The minimum Gasteiger partial charge on any atom is -0.489 e. The predicted molar refractivity (Wildman–Crippen MR) is 81.9 cm³/mol. The minimum absolute atomic E-state index is 0.0328. The topological polar surface area (TPSA) is 64.6 Å². The van der Waals surface area contributed by atoms with Crippen LogP contribution >= 0.6 is 0 Å². The van der Waals surface area contributed by atoms with Gasteiger partial charge in [0.1, 0.15) is 11.9 Å². The monoisotopic (exact) mass is 313 g/mol. The Kier molecular flexibility index (Phi) is 6.02. The number of hydrogen-bond donors (Lipinski definition) is 1. The van der Waals surface area contributed by atoms with E-state index in [0.29, 0.717) is 6.61 Å². The molecule has 0 saturated carbocycles. The Labute approximate surface area is 126 Å².